The number of halogens is 1. The Balaban J connectivity index is 1.74. The van der Waals surface area contributed by atoms with Gasteiger partial charge in [-0.05, 0) is 41.0 Å². The molecule has 0 amide bonds. The van der Waals surface area contributed by atoms with Gasteiger partial charge in [0.25, 0.3) is 0 Å². The zero-order chi connectivity index (χ0) is 22.6. The Bertz CT molecular complexity index is 1260. The van der Waals surface area contributed by atoms with Gasteiger partial charge in [0.2, 0.25) is 10.0 Å². The number of hydrogen-bond donors (Lipinski definition) is 0. The predicted octanol–water partition coefficient (Wildman–Crippen LogP) is 4.49. The molecule has 6 nitrogen and oxygen atoms in total. The molecule has 158 valence electrons. The van der Waals surface area contributed by atoms with Gasteiger partial charge in [0.15, 0.2) is 0 Å². The molecular formula is C23H19ClN2O4S. The third-order valence-electron chi connectivity index (χ3n) is 4.61. The molecule has 0 saturated heterocycles. The van der Waals surface area contributed by atoms with E-state index in [4.69, 9.17) is 16.3 Å². The zero-order valence-corrected chi connectivity index (χ0v) is 18.4. The molecule has 0 aliphatic carbocycles. The zero-order valence-electron chi connectivity index (χ0n) is 16.9. The molecule has 31 heavy (non-hydrogen) atoms. The summed E-state index contributed by atoms with van der Waals surface area (Å²) in [5.41, 5.74) is 3.12. The van der Waals surface area contributed by atoms with Gasteiger partial charge in [-0.25, -0.2) is 17.5 Å². The van der Waals surface area contributed by atoms with Crippen molar-refractivity contribution in [1.82, 2.24) is 4.31 Å². The molecule has 0 aliphatic rings. The van der Waals surface area contributed by atoms with Crippen LogP contribution in [0.1, 0.15) is 21.5 Å². The summed E-state index contributed by atoms with van der Waals surface area (Å²) in [6.45, 7) is 0.0113. The number of ether oxygens (including phenoxy) is 1. The average Bonchev–Trinajstić information content (AvgIpc) is 2.77. The van der Waals surface area contributed by atoms with E-state index in [0.29, 0.717) is 5.56 Å². The molecule has 0 atom stereocenters. The van der Waals surface area contributed by atoms with Gasteiger partial charge in [0, 0.05) is 14.1 Å². The number of nitriles is 1. The van der Waals surface area contributed by atoms with Crippen LogP contribution in [-0.4, -0.2) is 32.8 Å². The lowest BCUT2D eigenvalue weighted by Crippen LogP contribution is -2.23. The van der Waals surface area contributed by atoms with Crippen LogP contribution in [0.15, 0.2) is 71.6 Å². The van der Waals surface area contributed by atoms with Gasteiger partial charge < -0.3 is 4.74 Å². The molecule has 0 radical (unpaired) electrons. The first-order chi connectivity index (χ1) is 14.7. The summed E-state index contributed by atoms with van der Waals surface area (Å²) in [7, 11) is -1.03. The number of esters is 1. The maximum atomic E-state index is 12.4. The Labute approximate surface area is 186 Å². The summed E-state index contributed by atoms with van der Waals surface area (Å²) in [5, 5.41) is 9.28. The van der Waals surface area contributed by atoms with Gasteiger partial charge in [-0.3, -0.25) is 0 Å². The van der Waals surface area contributed by atoms with Gasteiger partial charge in [-0.2, -0.15) is 5.26 Å². The van der Waals surface area contributed by atoms with Gasteiger partial charge in [-0.1, -0.05) is 54.1 Å². The van der Waals surface area contributed by atoms with Crippen molar-refractivity contribution >= 4 is 27.6 Å². The summed E-state index contributed by atoms with van der Waals surface area (Å²) in [6.07, 6.45) is 0. The Morgan fingerprint density at radius 1 is 1.06 bits per heavy atom. The van der Waals surface area contributed by atoms with E-state index in [1.54, 1.807) is 18.2 Å². The summed E-state index contributed by atoms with van der Waals surface area (Å²) < 4.78 is 31.1. The van der Waals surface area contributed by atoms with Crippen molar-refractivity contribution in [1.29, 1.82) is 5.26 Å². The smallest absolute Gasteiger partial charge is 0.338 e. The molecule has 0 N–H and O–H groups in total. The second-order valence-corrected chi connectivity index (χ2v) is 9.39. The minimum atomic E-state index is -3.80. The number of hydrogen-bond acceptors (Lipinski definition) is 5. The Hall–Kier alpha value is -3.18. The van der Waals surface area contributed by atoms with E-state index in [0.717, 1.165) is 21.0 Å². The van der Waals surface area contributed by atoms with E-state index in [2.05, 4.69) is 6.07 Å². The van der Waals surface area contributed by atoms with E-state index in [-0.39, 0.29) is 22.1 Å². The van der Waals surface area contributed by atoms with E-state index >= 15 is 0 Å². The SMILES string of the molecule is CN(C)S(=O)(=O)c1cc(C(=O)OCc2ccc(-c3ccccc3C#N)cc2)ccc1Cl. The largest absolute Gasteiger partial charge is 0.457 e. The van der Waals surface area contributed by atoms with Crippen LogP contribution in [-0.2, 0) is 21.4 Å². The normalized spacial score (nSPS) is 11.2. The van der Waals surface area contributed by atoms with Crippen molar-refractivity contribution in [2.45, 2.75) is 11.5 Å². The highest BCUT2D eigenvalue weighted by atomic mass is 35.5. The van der Waals surface area contributed by atoms with Crippen molar-refractivity contribution in [3.8, 4) is 17.2 Å². The summed E-state index contributed by atoms with van der Waals surface area (Å²) in [4.78, 5) is 12.3. The van der Waals surface area contributed by atoms with Crippen molar-refractivity contribution in [2.24, 2.45) is 0 Å². The van der Waals surface area contributed by atoms with Gasteiger partial charge in [-0.15, -0.1) is 0 Å². The molecule has 0 fully saturated rings. The molecule has 3 aromatic carbocycles. The van der Waals surface area contributed by atoms with Crippen LogP contribution in [0.25, 0.3) is 11.1 Å². The molecule has 0 aromatic heterocycles. The lowest BCUT2D eigenvalue weighted by atomic mass is 9.99. The predicted molar refractivity (Wildman–Crippen MR) is 118 cm³/mol. The van der Waals surface area contributed by atoms with Crippen molar-refractivity contribution in [3.63, 3.8) is 0 Å². The van der Waals surface area contributed by atoms with Crippen molar-refractivity contribution in [2.75, 3.05) is 14.1 Å². The standard InChI is InChI=1S/C23H19ClN2O4S/c1-26(2)31(28,29)22-13-18(11-12-21(22)24)23(27)30-15-16-7-9-17(10-8-16)20-6-4-3-5-19(20)14-25/h3-13H,15H2,1-2H3. The minimum absolute atomic E-state index is 0.0113. The quantitative estimate of drug-likeness (QED) is 0.512. The third kappa shape index (κ3) is 4.94. The number of benzene rings is 3. The summed E-state index contributed by atoms with van der Waals surface area (Å²) in [6, 6.07) is 20.8. The molecule has 0 bridgehead atoms. The monoisotopic (exact) mass is 454 g/mol. The Kier molecular flexibility index (Phi) is 6.76. The Morgan fingerprint density at radius 3 is 2.39 bits per heavy atom. The topological polar surface area (TPSA) is 87.5 Å². The molecule has 0 unspecified atom stereocenters. The number of sulfonamides is 1. The highest BCUT2D eigenvalue weighted by Gasteiger charge is 2.23. The first kappa shape index (κ1) is 22.5. The first-order valence-corrected chi connectivity index (χ1v) is 11.0. The van der Waals surface area contributed by atoms with Crippen LogP contribution in [0.5, 0.6) is 0 Å². The van der Waals surface area contributed by atoms with E-state index in [1.165, 1.54) is 32.3 Å². The van der Waals surface area contributed by atoms with Gasteiger partial charge in [0.1, 0.15) is 11.5 Å². The highest BCUT2D eigenvalue weighted by molar-refractivity contribution is 7.89. The molecule has 0 aliphatic heterocycles. The van der Waals surface area contributed by atoms with Crippen molar-refractivity contribution < 1.29 is 17.9 Å². The third-order valence-corrected chi connectivity index (χ3v) is 6.90. The molecule has 3 aromatic rings. The number of rotatable bonds is 6. The molecule has 0 saturated carbocycles. The fraction of sp³-hybridized carbons (Fsp3) is 0.130. The summed E-state index contributed by atoms with van der Waals surface area (Å²) >= 11 is 6.01. The molecule has 0 spiro atoms. The van der Waals surface area contributed by atoms with Crippen LogP contribution in [0.3, 0.4) is 0 Å². The van der Waals surface area contributed by atoms with Crippen LogP contribution < -0.4 is 0 Å². The highest BCUT2D eigenvalue weighted by Crippen LogP contribution is 2.26. The first-order valence-electron chi connectivity index (χ1n) is 9.21. The molecule has 8 heteroatoms. The Morgan fingerprint density at radius 2 is 1.74 bits per heavy atom. The maximum absolute atomic E-state index is 12.4. The van der Waals surface area contributed by atoms with Crippen molar-refractivity contribution in [3.05, 3.63) is 88.4 Å². The van der Waals surface area contributed by atoms with Crippen LogP contribution in [0, 0.1) is 11.3 Å². The van der Waals surface area contributed by atoms with E-state index in [1.807, 2.05) is 30.3 Å². The number of carbonyl (C=O) groups is 1. The average molecular weight is 455 g/mol. The summed E-state index contributed by atoms with van der Waals surface area (Å²) in [5.74, 6) is -0.661. The van der Waals surface area contributed by atoms with Gasteiger partial charge >= 0.3 is 5.97 Å². The number of nitrogens with zero attached hydrogens (tertiary/aromatic N) is 2. The van der Waals surface area contributed by atoms with Crippen LogP contribution in [0.2, 0.25) is 5.02 Å². The fourth-order valence-electron chi connectivity index (χ4n) is 2.87. The van der Waals surface area contributed by atoms with E-state index in [9.17, 15) is 18.5 Å². The van der Waals surface area contributed by atoms with Gasteiger partial charge in [0.05, 0.1) is 22.2 Å². The van der Waals surface area contributed by atoms with E-state index < -0.39 is 16.0 Å². The minimum Gasteiger partial charge on any atom is -0.457 e. The van der Waals surface area contributed by atoms with Crippen LogP contribution >= 0.6 is 11.6 Å². The molecule has 0 heterocycles. The fourth-order valence-corrected chi connectivity index (χ4v) is 4.26. The maximum Gasteiger partial charge on any atom is 0.338 e. The lowest BCUT2D eigenvalue weighted by Gasteiger charge is -2.13. The lowest BCUT2D eigenvalue weighted by molar-refractivity contribution is 0.0472. The second kappa shape index (κ2) is 9.31. The second-order valence-electron chi connectivity index (χ2n) is 6.86. The molecular weight excluding hydrogens is 436 g/mol. The molecule has 3 rings (SSSR count). The van der Waals surface area contributed by atoms with Crippen LogP contribution in [0.4, 0.5) is 0 Å². The number of carbonyl (C=O) groups excluding carboxylic acids is 1.